The fourth-order valence-corrected chi connectivity index (χ4v) is 1.07. The molecule has 6 nitrogen and oxygen atoms in total. The van der Waals surface area contributed by atoms with Crippen LogP contribution in [0.3, 0.4) is 0 Å². The van der Waals surface area contributed by atoms with Crippen LogP contribution in [0.5, 0.6) is 0 Å². The van der Waals surface area contributed by atoms with Crippen LogP contribution in [0.2, 0.25) is 0 Å². The predicted octanol–water partition coefficient (Wildman–Crippen LogP) is 0.445. The Morgan fingerprint density at radius 2 is 1.95 bits per heavy atom. The van der Waals surface area contributed by atoms with Crippen LogP contribution >= 0.6 is 0 Å². The Morgan fingerprint density at radius 1 is 1.32 bits per heavy atom. The van der Waals surface area contributed by atoms with Gasteiger partial charge in [-0.25, -0.2) is 4.99 Å². The Balaban J connectivity index is 4.45. The first kappa shape index (κ1) is 17.7. The van der Waals surface area contributed by atoms with Crippen LogP contribution in [-0.4, -0.2) is 63.2 Å². The van der Waals surface area contributed by atoms with E-state index in [1.54, 1.807) is 21.2 Å². The molecular formula is C13H28N4O2. The second-order valence-corrected chi connectivity index (χ2v) is 5.20. The zero-order valence-electron chi connectivity index (χ0n) is 13.0. The summed E-state index contributed by atoms with van der Waals surface area (Å²) < 4.78 is 5.34. The number of ether oxygens (including phenoxy) is 1. The van der Waals surface area contributed by atoms with Crippen molar-refractivity contribution in [2.75, 3.05) is 40.8 Å². The average Bonchev–Trinajstić information content (AvgIpc) is 2.37. The number of hydrogen-bond acceptors (Lipinski definition) is 3. The lowest BCUT2D eigenvalue weighted by molar-refractivity contribution is -0.127. The van der Waals surface area contributed by atoms with Gasteiger partial charge in [-0.3, -0.25) is 4.79 Å². The van der Waals surface area contributed by atoms with E-state index >= 15 is 0 Å². The number of rotatable bonds is 7. The van der Waals surface area contributed by atoms with Gasteiger partial charge in [0.05, 0.1) is 5.60 Å². The van der Waals surface area contributed by atoms with Gasteiger partial charge in [0, 0.05) is 34.3 Å². The molecule has 0 atom stereocenters. The molecule has 0 heterocycles. The molecular weight excluding hydrogens is 244 g/mol. The highest BCUT2D eigenvalue weighted by Crippen LogP contribution is 2.04. The van der Waals surface area contributed by atoms with Crippen molar-refractivity contribution < 1.29 is 9.53 Å². The molecule has 0 unspecified atom stereocenters. The van der Waals surface area contributed by atoms with Crippen molar-refractivity contribution in [3.8, 4) is 0 Å². The van der Waals surface area contributed by atoms with Gasteiger partial charge in [-0.1, -0.05) is 6.92 Å². The highest BCUT2D eigenvalue weighted by atomic mass is 16.5. The Morgan fingerprint density at radius 3 is 2.42 bits per heavy atom. The summed E-state index contributed by atoms with van der Waals surface area (Å²) in [5.74, 6) is 0.616. The summed E-state index contributed by atoms with van der Waals surface area (Å²) in [7, 11) is 5.12. The van der Waals surface area contributed by atoms with Crippen LogP contribution < -0.4 is 10.6 Å². The quantitative estimate of drug-likeness (QED) is 0.521. The van der Waals surface area contributed by atoms with Crippen molar-refractivity contribution >= 4 is 11.9 Å². The molecule has 0 rings (SSSR count). The first-order valence-electron chi connectivity index (χ1n) is 6.60. The number of likely N-dealkylation sites (N-methyl/N-ethyl adjacent to an activating group) is 1. The summed E-state index contributed by atoms with van der Waals surface area (Å²) >= 11 is 0. The Labute approximate surface area is 116 Å². The van der Waals surface area contributed by atoms with E-state index in [1.165, 1.54) is 4.90 Å². The normalized spacial score (nSPS) is 12.2. The third-order valence-electron chi connectivity index (χ3n) is 2.65. The van der Waals surface area contributed by atoms with E-state index in [1.807, 2.05) is 13.8 Å². The zero-order valence-corrected chi connectivity index (χ0v) is 13.0. The zero-order chi connectivity index (χ0) is 14.9. The molecule has 0 aromatic rings. The summed E-state index contributed by atoms with van der Waals surface area (Å²) in [5, 5.41) is 6.36. The van der Waals surface area contributed by atoms with Crippen molar-refractivity contribution in [3.05, 3.63) is 0 Å². The van der Waals surface area contributed by atoms with E-state index in [0.29, 0.717) is 12.5 Å². The average molecular weight is 272 g/mol. The van der Waals surface area contributed by atoms with Crippen LogP contribution in [0.4, 0.5) is 0 Å². The van der Waals surface area contributed by atoms with Gasteiger partial charge in [0.25, 0.3) is 0 Å². The fourth-order valence-electron chi connectivity index (χ4n) is 1.07. The topological polar surface area (TPSA) is 66.0 Å². The summed E-state index contributed by atoms with van der Waals surface area (Å²) in [6, 6.07) is 0. The molecule has 0 aromatic heterocycles. The minimum atomic E-state index is -0.278. The molecule has 0 spiro atoms. The van der Waals surface area contributed by atoms with Gasteiger partial charge in [-0.15, -0.1) is 0 Å². The van der Waals surface area contributed by atoms with Crippen LogP contribution in [0.25, 0.3) is 0 Å². The predicted molar refractivity (Wildman–Crippen MR) is 78.4 cm³/mol. The van der Waals surface area contributed by atoms with E-state index in [-0.39, 0.29) is 18.1 Å². The number of methoxy groups -OCH3 is 1. The maximum atomic E-state index is 11.5. The molecule has 0 aliphatic rings. The van der Waals surface area contributed by atoms with E-state index in [2.05, 4.69) is 22.5 Å². The first-order valence-corrected chi connectivity index (χ1v) is 6.60. The van der Waals surface area contributed by atoms with Gasteiger partial charge in [0.2, 0.25) is 5.91 Å². The van der Waals surface area contributed by atoms with Crippen LogP contribution in [0.15, 0.2) is 4.99 Å². The molecule has 2 N–H and O–H groups in total. The molecule has 0 radical (unpaired) electrons. The first-order chi connectivity index (χ1) is 8.82. The van der Waals surface area contributed by atoms with Gasteiger partial charge in [0.1, 0.15) is 6.54 Å². The molecule has 0 aliphatic heterocycles. The monoisotopic (exact) mass is 272 g/mol. The van der Waals surface area contributed by atoms with Crippen molar-refractivity contribution in [1.82, 2.24) is 15.5 Å². The molecule has 112 valence electrons. The van der Waals surface area contributed by atoms with E-state index in [0.717, 1.165) is 13.0 Å². The summed E-state index contributed by atoms with van der Waals surface area (Å²) in [6.45, 7) is 7.63. The minimum Gasteiger partial charge on any atom is -0.377 e. The van der Waals surface area contributed by atoms with Crippen molar-refractivity contribution in [3.63, 3.8) is 0 Å². The standard InChI is InChI=1S/C13H28N4O2/c1-7-8-14-12(15-9-11(18)17(4)5)16-10-13(2,3)19-6/h7-10H2,1-6H3,(H2,14,15,16). The highest BCUT2D eigenvalue weighted by molar-refractivity contribution is 5.84. The minimum absolute atomic E-state index is 0.0244. The Kier molecular flexibility index (Phi) is 8.14. The van der Waals surface area contributed by atoms with Crippen molar-refractivity contribution in [1.29, 1.82) is 0 Å². The highest BCUT2D eigenvalue weighted by Gasteiger charge is 2.16. The summed E-state index contributed by atoms with van der Waals surface area (Å²) in [5.41, 5.74) is -0.278. The van der Waals surface area contributed by atoms with Crippen LogP contribution in [0.1, 0.15) is 27.2 Å². The van der Waals surface area contributed by atoms with Crippen LogP contribution in [-0.2, 0) is 9.53 Å². The number of nitrogens with zero attached hydrogens (tertiary/aromatic N) is 2. The second kappa shape index (κ2) is 8.74. The van der Waals surface area contributed by atoms with Crippen molar-refractivity contribution in [2.24, 2.45) is 4.99 Å². The van der Waals surface area contributed by atoms with Crippen molar-refractivity contribution in [2.45, 2.75) is 32.8 Å². The second-order valence-electron chi connectivity index (χ2n) is 5.20. The summed E-state index contributed by atoms with van der Waals surface area (Å²) in [6.07, 6.45) is 0.996. The SMILES string of the molecule is CCCNC(=NCC(=O)N(C)C)NCC(C)(C)OC. The molecule has 1 amide bonds. The number of aliphatic imine (C=N–C) groups is 1. The van der Waals surface area contributed by atoms with Gasteiger partial charge >= 0.3 is 0 Å². The summed E-state index contributed by atoms with van der Waals surface area (Å²) in [4.78, 5) is 17.3. The number of carbonyl (C=O) groups excluding carboxylic acids is 1. The number of carbonyl (C=O) groups is 1. The Hall–Kier alpha value is -1.30. The van der Waals surface area contributed by atoms with Gasteiger partial charge in [-0.2, -0.15) is 0 Å². The Bertz CT molecular complexity index is 301. The fraction of sp³-hybridized carbons (Fsp3) is 0.846. The lowest BCUT2D eigenvalue weighted by atomic mass is 10.1. The van der Waals surface area contributed by atoms with E-state index < -0.39 is 0 Å². The molecule has 19 heavy (non-hydrogen) atoms. The van der Waals surface area contributed by atoms with Gasteiger partial charge in [0.15, 0.2) is 5.96 Å². The maximum Gasteiger partial charge on any atom is 0.243 e. The molecule has 0 fully saturated rings. The smallest absolute Gasteiger partial charge is 0.243 e. The van der Waals surface area contributed by atoms with Crippen LogP contribution in [0, 0.1) is 0 Å². The molecule has 0 aliphatic carbocycles. The molecule has 0 saturated carbocycles. The lowest BCUT2D eigenvalue weighted by Crippen LogP contribution is -2.46. The molecule has 0 saturated heterocycles. The number of nitrogens with one attached hydrogen (secondary N) is 2. The van der Waals surface area contributed by atoms with E-state index in [4.69, 9.17) is 4.74 Å². The van der Waals surface area contributed by atoms with E-state index in [9.17, 15) is 4.79 Å². The van der Waals surface area contributed by atoms with Gasteiger partial charge in [-0.05, 0) is 20.3 Å². The number of guanidine groups is 1. The largest absolute Gasteiger partial charge is 0.377 e. The third kappa shape index (κ3) is 8.42. The maximum absolute atomic E-state index is 11.5. The number of hydrogen-bond donors (Lipinski definition) is 2. The molecule has 0 bridgehead atoms. The molecule has 0 aromatic carbocycles. The lowest BCUT2D eigenvalue weighted by Gasteiger charge is -2.24. The third-order valence-corrected chi connectivity index (χ3v) is 2.65. The number of amides is 1. The van der Waals surface area contributed by atoms with Gasteiger partial charge < -0.3 is 20.3 Å². The molecule has 6 heteroatoms.